The molecule has 10 heteroatoms. The lowest BCUT2D eigenvalue weighted by Gasteiger charge is -2.25. The van der Waals surface area contributed by atoms with Gasteiger partial charge in [-0.25, -0.2) is 0 Å². The molecule has 2 amide bonds. The maximum atomic E-state index is 12.1. The second-order valence-electron chi connectivity index (χ2n) is 4.96. The first-order valence-corrected chi connectivity index (χ1v) is 8.02. The Labute approximate surface area is 137 Å². The number of rotatable bonds is 3. The van der Waals surface area contributed by atoms with Crippen molar-refractivity contribution < 1.29 is 22.6 Å². The molecule has 1 aliphatic heterocycles. The van der Waals surface area contributed by atoms with Crippen LogP contribution in [0.15, 0.2) is 50.5 Å². The van der Waals surface area contributed by atoms with Gasteiger partial charge in [0.2, 0.25) is 0 Å². The molecule has 0 saturated carbocycles. The van der Waals surface area contributed by atoms with Crippen LogP contribution in [0.25, 0.3) is 0 Å². The van der Waals surface area contributed by atoms with Crippen LogP contribution in [0, 0.1) is 11.3 Å². The van der Waals surface area contributed by atoms with Gasteiger partial charge in [0.1, 0.15) is 11.6 Å². The number of nitrogens with zero attached hydrogens (tertiary/aromatic N) is 4. The average Bonchev–Trinajstić information content (AvgIpc) is 2.53. The maximum absolute atomic E-state index is 12.1. The number of carbonyl (C=O) groups excluding carboxylic acids is 2. The SMILES string of the molecule is CC1=C(C#N)C(=O)N(C)C(=O)C1N=Nc1ccc(S(=O)(=O)O)cc1. The van der Waals surface area contributed by atoms with Gasteiger partial charge in [0.25, 0.3) is 21.9 Å². The summed E-state index contributed by atoms with van der Waals surface area (Å²) >= 11 is 0. The Kier molecular flexibility index (Phi) is 4.59. The van der Waals surface area contributed by atoms with Crippen molar-refractivity contribution in [2.24, 2.45) is 10.2 Å². The van der Waals surface area contributed by atoms with E-state index in [2.05, 4.69) is 10.2 Å². The normalized spacial score (nSPS) is 19.1. The van der Waals surface area contributed by atoms with Gasteiger partial charge in [-0.05, 0) is 36.8 Å². The van der Waals surface area contributed by atoms with Crippen LogP contribution in [-0.4, -0.2) is 42.8 Å². The summed E-state index contributed by atoms with van der Waals surface area (Å²) in [6.07, 6.45) is 0. The molecule has 0 saturated heterocycles. The molecule has 1 heterocycles. The molecule has 1 aliphatic rings. The molecule has 1 unspecified atom stereocenters. The largest absolute Gasteiger partial charge is 0.294 e. The predicted molar refractivity (Wildman–Crippen MR) is 80.7 cm³/mol. The summed E-state index contributed by atoms with van der Waals surface area (Å²) in [5.41, 5.74) is 0.271. The molecule has 0 fully saturated rings. The fourth-order valence-corrected chi connectivity index (χ4v) is 2.50. The number of azo groups is 1. The van der Waals surface area contributed by atoms with Gasteiger partial charge < -0.3 is 0 Å². The number of likely N-dealkylation sites (N-methyl/N-ethyl adjacent to an activating group) is 1. The second kappa shape index (κ2) is 6.31. The predicted octanol–water partition coefficient (Wildman–Crippen LogP) is 1.22. The first kappa shape index (κ1) is 17.5. The van der Waals surface area contributed by atoms with Crippen molar-refractivity contribution >= 4 is 27.6 Å². The zero-order valence-electron chi connectivity index (χ0n) is 12.7. The quantitative estimate of drug-likeness (QED) is 0.495. The van der Waals surface area contributed by atoms with E-state index in [4.69, 9.17) is 9.81 Å². The number of carbonyl (C=O) groups is 2. The molecule has 0 spiro atoms. The summed E-state index contributed by atoms with van der Waals surface area (Å²) in [7, 11) is -3.06. The fourth-order valence-electron chi connectivity index (χ4n) is 2.02. The smallest absolute Gasteiger partial charge is 0.282 e. The van der Waals surface area contributed by atoms with E-state index in [1.165, 1.54) is 26.1 Å². The number of nitriles is 1. The van der Waals surface area contributed by atoms with Crippen molar-refractivity contribution in [3.05, 3.63) is 35.4 Å². The van der Waals surface area contributed by atoms with Crippen LogP contribution < -0.4 is 0 Å². The molecule has 9 nitrogen and oxygen atoms in total. The van der Waals surface area contributed by atoms with E-state index in [9.17, 15) is 18.0 Å². The summed E-state index contributed by atoms with van der Waals surface area (Å²) in [6, 6.07) is 5.48. The first-order valence-electron chi connectivity index (χ1n) is 6.58. The zero-order chi connectivity index (χ0) is 18.1. The van der Waals surface area contributed by atoms with E-state index < -0.39 is 28.0 Å². The van der Waals surface area contributed by atoms with Gasteiger partial charge >= 0.3 is 0 Å². The Morgan fingerprint density at radius 3 is 2.33 bits per heavy atom. The lowest BCUT2D eigenvalue weighted by molar-refractivity contribution is -0.142. The van der Waals surface area contributed by atoms with Gasteiger partial charge in [0, 0.05) is 7.05 Å². The summed E-state index contributed by atoms with van der Waals surface area (Å²) in [5, 5.41) is 16.7. The lowest BCUT2D eigenvalue weighted by Crippen LogP contribution is -2.45. The van der Waals surface area contributed by atoms with Crippen molar-refractivity contribution in [1.29, 1.82) is 5.26 Å². The molecule has 0 aliphatic carbocycles. The van der Waals surface area contributed by atoms with Gasteiger partial charge in [-0.2, -0.15) is 23.9 Å². The summed E-state index contributed by atoms with van der Waals surface area (Å²) in [6.45, 7) is 1.45. The Morgan fingerprint density at radius 2 is 1.83 bits per heavy atom. The molecular formula is C14H12N4O5S. The Balaban J connectivity index is 2.34. The van der Waals surface area contributed by atoms with E-state index in [0.29, 0.717) is 0 Å². The number of amides is 2. The minimum atomic E-state index is -4.31. The van der Waals surface area contributed by atoms with E-state index in [-0.39, 0.29) is 21.7 Å². The van der Waals surface area contributed by atoms with Gasteiger partial charge in [-0.3, -0.25) is 19.0 Å². The molecule has 0 bridgehead atoms. The molecule has 1 aromatic rings. The monoisotopic (exact) mass is 348 g/mol. The topological polar surface area (TPSA) is 140 Å². The Hall–Kier alpha value is -2.90. The summed E-state index contributed by atoms with van der Waals surface area (Å²) in [5.74, 6) is -1.31. The van der Waals surface area contributed by atoms with Crippen LogP contribution in [0.3, 0.4) is 0 Å². The van der Waals surface area contributed by atoms with Gasteiger partial charge in [0.05, 0.1) is 10.6 Å². The molecule has 0 aromatic heterocycles. The van der Waals surface area contributed by atoms with Crippen LogP contribution >= 0.6 is 0 Å². The fraction of sp³-hybridized carbons (Fsp3) is 0.214. The highest BCUT2D eigenvalue weighted by atomic mass is 32.2. The lowest BCUT2D eigenvalue weighted by atomic mass is 9.97. The van der Waals surface area contributed by atoms with Crippen LogP contribution in [0.5, 0.6) is 0 Å². The number of hydrogen-bond donors (Lipinski definition) is 1. The molecule has 0 radical (unpaired) electrons. The van der Waals surface area contributed by atoms with Gasteiger partial charge in [0.15, 0.2) is 6.04 Å². The van der Waals surface area contributed by atoms with Crippen molar-refractivity contribution in [3.8, 4) is 6.07 Å². The number of imide groups is 1. The van der Waals surface area contributed by atoms with Crippen molar-refractivity contribution in [2.45, 2.75) is 17.9 Å². The number of hydrogen-bond acceptors (Lipinski definition) is 7. The minimum absolute atomic E-state index is 0.164. The Morgan fingerprint density at radius 1 is 1.25 bits per heavy atom. The van der Waals surface area contributed by atoms with E-state index in [1.807, 2.05) is 0 Å². The molecular weight excluding hydrogens is 336 g/mol. The highest BCUT2D eigenvalue weighted by Crippen LogP contribution is 2.24. The summed E-state index contributed by atoms with van der Waals surface area (Å²) < 4.78 is 30.8. The second-order valence-corrected chi connectivity index (χ2v) is 6.38. The average molecular weight is 348 g/mol. The van der Waals surface area contributed by atoms with E-state index in [1.54, 1.807) is 6.07 Å². The Bertz CT molecular complexity index is 909. The van der Waals surface area contributed by atoms with Crippen molar-refractivity contribution in [3.63, 3.8) is 0 Å². The molecule has 1 aromatic carbocycles. The van der Waals surface area contributed by atoms with Crippen molar-refractivity contribution in [1.82, 2.24) is 4.90 Å². The third kappa shape index (κ3) is 3.22. The van der Waals surface area contributed by atoms with E-state index >= 15 is 0 Å². The third-order valence-corrected chi connectivity index (χ3v) is 4.29. The standard InChI is InChI=1S/C14H12N4O5S/c1-8-11(7-15)13(19)18(2)14(20)12(8)17-16-9-3-5-10(6-4-9)24(21,22)23/h3-6,12H,1-2H3,(H,21,22,23). The molecule has 124 valence electrons. The van der Waals surface area contributed by atoms with Crippen LogP contribution in [-0.2, 0) is 19.7 Å². The van der Waals surface area contributed by atoms with Crippen molar-refractivity contribution in [2.75, 3.05) is 7.05 Å². The highest BCUT2D eigenvalue weighted by Gasteiger charge is 2.37. The molecule has 1 N–H and O–H groups in total. The van der Waals surface area contributed by atoms with Crippen LogP contribution in [0.4, 0.5) is 5.69 Å². The maximum Gasteiger partial charge on any atom is 0.294 e. The molecule has 24 heavy (non-hydrogen) atoms. The summed E-state index contributed by atoms with van der Waals surface area (Å²) in [4.78, 5) is 24.4. The van der Waals surface area contributed by atoms with Crippen LogP contribution in [0.1, 0.15) is 6.92 Å². The van der Waals surface area contributed by atoms with E-state index in [0.717, 1.165) is 17.0 Å². The van der Waals surface area contributed by atoms with Crippen LogP contribution in [0.2, 0.25) is 0 Å². The highest BCUT2D eigenvalue weighted by molar-refractivity contribution is 7.85. The molecule has 1 atom stereocenters. The number of benzene rings is 1. The van der Waals surface area contributed by atoms with Gasteiger partial charge in [-0.15, -0.1) is 0 Å². The van der Waals surface area contributed by atoms with Gasteiger partial charge in [-0.1, -0.05) is 0 Å². The zero-order valence-corrected chi connectivity index (χ0v) is 13.5. The third-order valence-electron chi connectivity index (χ3n) is 3.42. The minimum Gasteiger partial charge on any atom is -0.282 e. The molecule has 2 rings (SSSR count). The first-order chi connectivity index (χ1) is 11.2.